The molecule has 0 aromatic heterocycles. The zero-order valence-corrected chi connectivity index (χ0v) is 15.1. The lowest BCUT2D eigenvalue weighted by atomic mass is 10.2. The summed E-state index contributed by atoms with van der Waals surface area (Å²) in [5.41, 5.74) is 1.09. The first-order valence-electron chi connectivity index (χ1n) is 8.48. The molecule has 26 heavy (non-hydrogen) atoms. The predicted molar refractivity (Wildman–Crippen MR) is 98.2 cm³/mol. The molecule has 0 saturated carbocycles. The average molecular weight is 375 g/mol. The summed E-state index contributed by atoms with van der Waals surface area (Å²) in [6.07, 6.45) is 0.749. The zero-order valence-electron chi connectivity index (χ0n) is 14.3. The van der Waals surface area contributed by atoms with Crippen molar-refractivity contribution in [3.8, 4) is 0 Å². The second kappa shape index (κ2) is 7.94. The van der Waals surface area contributed by atoms with E-state index >= 15 is 0 Å². The Bertz CT molecular complexity index is 854. The van der Waals surface area contributed by atoms with Crippen molar-refractivity contribution in [2.24, 2.45) is 0 Å². The molecule has 138 valence electrons. The van der Waals surface area contributed by atoms with E-state index in [-0.39, 0.29) is 10.6 Å². The van der Waals surface area contributed by atoms with Crippen LogP contribution in [-0.2, 0) is 16.6 Å². The third kappa shape index (κ3) is 4.27. The number of nitro benzene ring substituents is 1. The minimum atomic E-state index is -3.64. The highest BCUT2D eigenvalue weighted by Gasteiger charge is 2.27. The highest BCUT2D eigenvalue weighted by molar-refractivity contribution is 7.89. The van der Waals surface area contributed by atoms with Gasteiger partial charge in [-0.1, -0.05) is 30.3 Å². The lowest BCUT2D eigenvalue weighted by molar-refractivity contribution is -0.384. The highest BCUT2D eigenvalue weighted by Crippen LogP contribution is 2.21. The van der Waals surface area contributed by atoms with E-state index in [4.69, 9.17) is 0 Å². The molecule has 0 radical (unpaired) electrons. The predicted octanol–water partition coefficient (Wildman–Crippen LogP) is 2.49. The minimum Gasteiger partial charge on any atom is -0.298 e. The van der Waals surface area contributed by atoms with Gasteiger partial charge in [-0.15, -0.1) is 0 Å². The summed E-state index contributed by atoms with van der Waals surface area (Å²) in [6.45, 7) is 3.14. The van der Waals surface area contributed by atoms with Crippen LogP contribution in [0.4, 0.5) is 5.69 Å². The van der Waals surface area contributed by atoms with E-state index in [2.05, 4.69) is 17.0 Å². The van der Waals surface area contributed by atoms with Crippen LogP contribution in [0, 0.1) is 10.1 Å². The van der Waals surface area contributed by atoms with Gasteiger partial charge in [-0.05, 0) is 30.7 Å². The summed E-state index contributed by atoms with van der Waals surface area (Å²) in [7, 11) is -3.64. The molecule has 1 fully saturated rings. The van der Waals surface area contributed by atoms with E-state index in [9.17, 15) is 18.5 Å². The molecule has 0 atom stereocenters. The van der Waals surface area contributed by atoms with E-state index in [1.54, 1.807) is 0 Å². The molecule has 0 unspecified atom stereocenters. The SMILES string of the molecule is O=[N+]([O-])c1ccc(S(=O)(=O)N2CCCN(Cc3ccccc3)CC2)cc1. The normalized spacial score (nSPS) is 16.9. The van der Waals surface area contributed by atoms with Crippen LogP contribution in [0.2, 0.25) is 0 Å². The van der Waals surface area contributed by atoms with Gasteiger partial charge in [-0.2, -0.15) is 4.31 Å². The Kier molecular flexibility index (Phi) is 5.65. The lowest BCUT2D eigenvalue weighted by Crippen LogP contribution is -2.35. The van der Waals surface area contributed by atoms with Crippen LogP contribution in [0.1, 0.15) is 12.0 Å². The van der Waals surface area contributed by atoms with Gasteiger partial charge in [-0.25, -0.2) is 8.42 Å². The Morgan fingerprint density at radius 1 is 0.923 bits per heavy atom. The number of sulfonamides is 1. The van der Waals surface area contributed by atoms with Crippen LogP contribution in [0.3, 0.4) is 0 Å². The molecule has 0 bridgehead atoms. The van der Waals surface area contributed by atoms with Crippen molar-refractivity contribution in [2.45, 2.75) is 17.9 Å². The molecule has 3 rings (SSSR count). The Hall–Kier alpha value is -2.29. The van der Waals surface area contributed by atoms with Crippen molar-refractivity contribution in [3.05, 3.63) is 70.3 Å². The molecule has 0 amide bonds. The molecule has 1 heterocycles. The summed E-state index contributed by atoms with van der Waals surface area (Å²) in [5.74, 6) is 0. The fourth-order valence-electron chi connectivity index (χ4n) is 3.08. The van der Waals surface area contributed by atoms with Crippen molar-refractivity contribution in [1.29, 1.82) is 0 Å². The maximum Gasteiger partial charge on any atom is 0.269 e. The quantitative estimate of drug-likeness (QED) is 0.592. The van der Waals surface area contributed by atoms with Crippen molar-refractivity contribution in [3.63, 3.8) is 0 Å². The first-order chi connectivity index (χ1) is 12.5. The Morgan fingerprint density at radius 2 is 1.62 bits per heavy atom. The Labute approximate surface area is 153 Å². The monoisotopic (exact) mass is 375 g/mol. The van der Waals surface area contributed by atoms with Gasteiger partial charge in [0.2, 0.25) is 10.0 Å². The molecule has 7 nitrogen and oxygen atoms in total. The number of nitrogens with zero attached hydrogens (tertiary/aromatic N) is 3. The van der Waals surface area contributed by atoms with Crippen LogP contribution in [0.25, 0.3) is 0 Å². The molecule has 1 aliphatic rings. The van der Waals surface area contributed by atoms with Gasteiger partial charge in [0.1, 0.15) is 0 Å². The third-order valence-corrected chi connectivity index (χ3v) is 6.39. The van der Waals surface area contributed by atoms with Crippen LogP contribution >= 0.6 is 0 Å². The standard InChI is InChI=1S/C18H21N3O4S/c22-21(23)17-7-9-18(10-8-17)26(24,25)20-12-4-11-19(13-14-20)15-16-5-2-1-3-6-16/h1-3,5-10H,4,11-15H2. The average Bonchev–Trinajstić information content (AvgIpc) is 2.89. The van der Waals surface area contributed by atoms with E-state index < -0.39 is 14.9 Å². The largest absolute Gasteiger partial charge is 0.298 e. The molecule has 1 saturated heterocycles. The maximum atomic E-state index is 12.8. The number of benzene rings is 2. The fourth-order valence-corrected chi connectivity index (χ4v) is 4.55. The van der Waals surface area contributed by atoms with Crippen LogP contribution in [0.5, 0.6) is 0 Å². The Morgan fingerprint density at radius 3 is 2.27 bits per heavy atom. The third-order valence-electron chi connectivity index (χ3n) is 4.48. The van der Waals surface area contributed by atoms with E-state index in [0.717, 1.165) is 19.5 Å². The van der Waals surface area contributed by atoms with Crippen molar-refractivity contribution < 1.29 is 13.3 Å². The van der Waals surface area contributed by atoms with E-state index in [0.29, 0.717) is 19.6 Å². The zero-order chi connectivity index (χ0) is 18.6. The maximum absolute atomic E-state index is 12.8. The number of nitro groups is 1. The number of hydrogen-bond donors (Lipinski definition) is 0. The number of non-ortho nitro benzene ring substituents is 1. The van der Waals surface area contributed by atoms with Gasteiger partial charge in [0, 0.05) is 38.3 Å². The molecule has 2 aromatic rings. The molecule has 2 aromatic carbocycles. The summed E-state index contributed by atoms with van der Waals surface area (Å²) in [4.78, 5) is 12.5. The first kappa shape index (κ1) is 18.5. The van der Waals surface area contributed by atoms with Crippen molar-refractivity contribution in [1.82, 2.24) is 9.21 Å². The van der Waals surface area contributed by atoms with Crippen LogP contribution in [0.15, 0.2) is 59.5 Å². The minimum absolute atomic E-state index is 0.0969. The van der Waals surface area contributed by atoms with E-state index in [1.807, 2.05) is 18.2 Å². The summed E-state index contributed by atoms with van der Waals surface area (Å²) < 4.78 is 27.1. The smallest absolute Gasteiger partial charge is 0.269 e. The van der Waals surface area contributed by atoms with Gasteiger partial charge in [0.15, 0.2) is 0 Å². The molecule has 8 heteroatoms. The van der Waals surface area contributed by atoms with E-state index in [1.165, 1.54) is 34.1 Å². The summed E-state index contributed by atoms with van der Waals surface area (Å²) in [6, 6.07) is 15.2. The lowest BCUT2D eigenvalue weighted by Gasteiger charge is -2.21. The molecule has 0 N–H and O–H groups in total. The summed E-state index contributed by atoms with van der Waals surface area (Å²) >= 11 is 0. The number of hydrogen-bond acceptors (Lipinski definition) is 5. The topological polar surface area (TPSA) is 83.8 Å². The molecule has 0 spiro atoms. The molecule has 0 aliphatic carbocycles. The van der Waals surface area contributed by atoms with Gasteiger partial charge < -0.3 is 0 Å². The highest BCUT2D eigenvalue weighted by atomic mass is 32.2. The second-order valence-corrected chi connectivity index (χ2v) is 8.21. The fraction of sp³-hybridized carbons (Fsp3) is 0.333. The van der Waals surface area contributed by atoms with Gasteiger partial charge >= 0.3 is 0 Å². The second-order valence-electron chi connectivity index (χ2n) is 6.27. The molecular formula is C18H21N3O4S. The first-order valence-corrected chi connectivity index (χ1v) is 9.92. The summed E-state index contributed by atoms with van der Waals surface area (Å²) in [5, 5.41) is 10.7. The van der Waals surface area contributed by atoms with Gasteiger partial charge in [0.25, 0.3) is 5.69 Å². The van der Waals surface area contributed by atoms with Gasteiger partial charge in [0.05, 0.1) is 9.82 Å². The number of rotatable bonds is 5. The molecular weight excluding hydrogens is 354 g/mol. The van der Waals surface area contributed by atoms with Gasteiger partial charge in [-0.3, -0.25) is 15.0 Å². The van der Waals surface area contributed by atoms with Crippen LogP contribution < -0.4 is 0 Å². The van der Waals surface area contributed by atoms with Crippen molar-refractivity contribution >= 4 is 15.7 Å². The van der Waals surface area contributed by atoms with Crippen LogP contribution in [-0.4, -0.2) is 48.7 Å². The molecule has 1 aliphatic heterocycles. The Balaban J connectivity index is 1.68. The van der Waals surface area contributed by atoms with Crippen molar-refractivity contribution in [2.75, 3.05) is 26.2 Å².